The number of amides is 1. The zero-order valence-corrected chi connectivity index (χ0v) is 8.67. The smallest absolute Gasteiger partial charge is 0.223 e. The number of nitrogens with one attached hydrogen (secondary N) is 1. The third-order valence-corrected chi connectivity index (χ3v) is 3.64. The van der Waals surface area contributed by atoms with Gasteiger partial charge in [0.25, 0.3) is 0 Å². The summed E-state index contributed by atoms with van der Waals surface area (Å²) < 4.78 is 0. The molecule has 2 atom stereocenters. The fraction of sp³-hybridized carbons (Fsp3) is 0.909. The summed E-state index contributed by atoms with van der Waals surface area (Å²) in [6, 6.07) is 0. The van der Waals surface area contributed by atoms with Gasteiger partial charge in [0.15, 0.2) is 0 Å². The van der Waals surface area contributed by atoms with Crippen LogP contribution in [-0.4, -0.2) is 19.0 Å². The van der Waals surface area contributed by atoms with Crippen LogP contribution >= 0.6 is 0 Å². The van der Waals surface area contributed by atoms with Gasteiger partial charge in [0, 0.05) is 12.5 Å². The molecule has 2 aliphatic rings. The molecule has 0 aromatic heterocycles. The van der Waals surface area contributed by atoms with Crippen LogP contribution in [0.1, 0.15) is 32.1 Å². The largest absolute Gasteiger partial charge is 0.356 e. The van der Waals surface area contributed by atoms with Crippen molar-refractivity contribution in [2.45, 2.75) is 32.1 Å². The molecule has 0 spiro atoms. The first-order chi connectivity index (χ1) is 6.84. The number of nitrogens with two attached hydrogens (primary N) is 1. The van der Waals surface area contributed by atoms with E-state index in [0.717, 1.165) is 37.8 Å². The van der Waals surface area contributed by atoms with Gasteiger partial charge in [-0.3, -0.25) is 4.79 Å². The first kappa shape index (κ1) is 9.97. The Morgan fingerprint density at radius 1 is 1.29 bits per heavy atom. The van der Waals surface area contributed by atoms with Crippen molar-refractivity contribution in [2.75, 3.05) is 13.1 Å². The Balaban J connectivity index is 1.61. The Hall–Kier alpha value is -0.570. The molecule has 80 valence electrons. The second-order valence-electron chi connectivity index (χ2n) is 4.57. The van der Waals surface area contributed by atoms with Gasteiger partial charge in [0.1, 0.15) is 0 Å². The lowest BCUT2D eigenvalue weighted by atomic mass is 10.1. The molecule has 2 rings (SSSR count). The fourth-order valence-electron chi connectivity index (χ4n) is 2.81. The van der Waals surface area contributed by atoms with Gasteiger partial charge in [-0.1, -0.05) is 6.42 Å². The molecule has 2 fully saturated rings. The van der Waals surface area contributed by atoms with Gasteiger partial charge in [-0.05, 0) is 44.1 Å². The second-order valence-corrected chi connectivity index (χ2v) is 4.57. The van der Waals surface area contributed by atoms with E-state index >= 15 is 0 Å². The van der Waals surface area contributed by atoms with Gasteiger partial charge in [-0.2, -0.15) is 0 Å². The maximum atomic E-state index is 11.6. The number of fused-ring (bicyclic) bond motifs is 1. The molecule has 0 aromatic carbocycles. The second kappa shape index (κ2) is 4.30. The molecule has 2 saturated carbocycles. The minimum absolute atomic E-state index is 0.303. The van der Waals surface area contributed by atoms with E-state index in [1.807, 2.05) is 0 Å². The molecule has 0 saturated heterocycles. The molecule has 0 radical (unpaired) electrons. The van der Waals surface area contributed by atoms with E-state index in [2.05, 4.69) is 5.32 Å². The van der Waals surface area contributed by atoms with Crippen molar-refractivity contribution in [2.24, 2.45) is 23.5 Å². The SMILES string of the molecule is NCCCCNC(=O)C1C2CCCC21. The molecule has 0 heterocycles. The molecule has 3 N–H and O–H groups in total. The highest BCUT2D eigenvalue weighted by atomic mass is 16.2. The lowest BCUT2D eigenvalue weighted by molar-refractivity contribution is -0.123. The molecule has 1 amide bonds. The molecular weight excluding hydrogens is 176 g/mol. The predicted octanol–water partition coefficient (Wildman–Crippen LogP) is 0.888. The Bertz CT molecular complexity index is 207. The lowest BCUT2D eigenvalue weighted by Gasteiger charge is -2.05. The number of rotatable bonds is 5. The molecule has 0 aromatic rings. The van der Waals surface area contributed by atoms with Gasteiger partial charge < -0.3 is 11.1 Å². The van der Waals surface area contributed by atoms with Crippen LogP contribution in [-0.2, 0) is 4.79 Å². The molecule has 2 aliphatic carbocycles. The van der Waals surface area contributed by atoms with Crippen molar-refractivity contribution < 1.29 is 4.79 Å². The monoisotopic (exact) mass is 196 g/mol. The quantitative estimate of drug-likeness (QED) is 0.642. The minimum atomic E-state index is 0.303. The average Bonchev–Trinajstić information content (AvgIpc) is 2.67. The van der Waals surface area contributed by atoms with E-state index in [1.165, 1.54) is 19.3 Å². The van der Waals surface area contributed by atoms with Gasteiger partial charge in [0.05, 0.1) is 0 Å². The Morgan fingerprint density at radius 3 is 2.64 bits per heavy atom. The summed E-state index contributed by atoms with van der Waals surface area (Å²) >= 11 is 0. The van der Waals surface area contributed by atoms with Crippen LogP contribution < -0.4 is 11.1 Å². The standard InChI is InChI=1S/C11H20N2O/c12-6-1-2-7-13-11(14)10-8-4-3-5-9(8)10/h8-10H,1-7,12H2,(H,13,14). The summed E-state index contributed by atoms with van der Waals surface area (Å²) in [6.07, 6.45) is 5.94. The van der Waals surface area contributed by atoms with E-state index in [9.17, 15) is 4.79 Å². The van der Waals surface area contributed by atoms with Crippen molar-refractivity contribution in [3.8, 4) is 0 Å². The van der Waals surface area contributed by atoms with E-state index in [0.29, 0.717) is 11.8 Å². The number of unbranched alkanes of at least 4 members (excludes halogenated alkanes) is 1. The van der Waals surface area contributed by atoms with E-state index in [-0.39, 0.29) is 0 Å². The summed E-state index contributed by atoms with van der Waals surface area (Å²) in [5.41, 5.74) is 5.38. The normalized spacial score (nSPS) is 33.9. The number of carbonyl (C=O) groups excluding carboxylic acids is 1. The highest BCUT2D eigenvalue weighted by Gasteiger charge is 2.56. The molecule has 0 bridgehead atoms. The maximum absolute atomic E-state index is 11.6. The number of hydrogen-bond acceptors (Lipinski definition) is 2. The highest BCUT2D eigenvalue weighted by molar-refractivity contribution is 5.82. The van der Waals surface area contributed by atoms with E-state index < -0.39 is 0 Å². The van der Waals surface area contributed by atoms with Crippen LogP contribution in [0.2, 0.25) is 0 Å². The van der Waals surface area contributed by atoms with Crippen molar-refractivity contribution in [3.05, 3.63) is 0 Å². The minimum Gasteiger partial charge on any atom is -0.356 e. The fourth-order valence-corrected chi connectivity index (χ4v) is 2.81. The van der Waals surface area contributed by atoms with Crippen molar-refractivity contribution in [1.29, 1.82) is 0 Å². The highest BCUT2D eigenvalue weighted by Crippen LogP contribution is 2.57. The zero-order valence-electron chi connectivity index (χ0n) is 8.67. The van der Waals surface area contributed by atoms with Gasteiger partial charge in [-0.25, -0.2) is 0 Å². The summed E-state index contributed by atoms with van der Waals surface area (Å²) in [4.78, 5) is 11.6. The predicted molar refractivity (Wildman–Crippen MR) is 55.6 cm³/mol. The number of carbonyl (C=O) groups is 1. The van der Waals surface area contributed by atoms with Crippen molar-refractivity contribution >= 4 is 5.91 Å². The first-order valence-electron chi connectivity index (χ1n) is 5.82. The van der Waals surface area contributed by atoms with Crippen LogP contribution in [0.5, 0.6) is 0 Å². The first-order valence-corrected chi connectivity index (χ1v) is 5.82. The maximum Gasteiger partial charge on any atom is 0.223 e. The van der Waals surface area contributed by atoms with Gasteiger partial charge in [-0.15, -0.1) is 0 Å². The van der Waals surface area contributed by atoms with Crippen LogP contribution in [0.15, 0.2) is 0 Å². The van der Waals surface area contributed by atoms with Crippen molar-refractivity contribution in [3.63, 3.8) is 0 Å². The average molecular weight is 196 g/mol. The molecule has 3 nitrogen and oxygen atoms in total. The third-order valence-electron chi connectivity index (χ3n) is 3.64. The molecule has 3 heteroatoms. The van der Waals surface area contributed by atoms with Gasteiger partial charge >= 0.3 is 0 Å². The summed E-state index contributed by atoms with van der Waals surface area (Å²) in [5.74, 6) is 2.16. The van der Waals surface area contributed by atoms with E-state index in [1.54, 1.807) is 0 Å². The van der Waals surface area contributed by atoms with Crippen LogP contribution in [0.3, 0.4) is 0 Å². The summed E-state index contributed by atoms with van der Waals surface area (Å²) in [7, 11) is 0. The van der Waals surface area contributed by atoms with Crippen LogP contribution in [0, 0.1) is 17.8 Å². The summed E-state index contributed by atoms with van der Waals surface area (Å²) in [5, 5.41) is 3.01. The Labute approximate surface area is 85.4 Å². The lowest BCUT2D eigenvalue weighted by Crippen LogP contribution is -2.27. The van der Waals surface area contributed by atoms with Crippen LogP contribution in [0.25, 0.3) is 0 Å². The van der Waals surface area contributed by atoms with Crippen molar-refractivity contribution in [1.82, 2.24) is 5.32 Å². The van der Waals surface area contributed by atoms with Gasteiger partial charge in [0.2, 0.25) is 5.91 Å². The summed E-state index contributed by atoms with van der Waals surface area (Å²) in [6.45, 7) is 1.54. The third kappa shape index (κ3) is 1.92. The van der Waals surface area contributed by atoms with Crippen LogP contribution in [0.4, 0.5) is 0 Å². The number of hydrogen-bond donors (Lipinski definition) is 2. The Morgan fingerprint density at radius 2 is 2.00 bits per heavy atom. The topological polar surface area (TPSA) is 55.1 Å². The van der Waals surface area contributed by atoms with E-state index in [4.69, 9.17) is 5.73 Å². The molecule has 0 aliphatic heterocycles. The molecule has 2 unspecified atom stereocenters. The molecule has 14 heavy (non-hydrogen) atoms. The molecular formula is C11H20N2O. The zero-order chi connectivity index (χ0) is 9.97. The Kier molecular flexibility index (Phi) is 3.06.